The summed E-state index contributed by atoms with van der Waals surface area (Å²) in [7, 11) is 1.88. The number of hydrogen-bond acceptors (Lipinski definition) is 6. The number of phenols is 1. The molecule has 2 saturated heterocycles. The van der Waals surface area contributed by atoms with Crippen LogP contribution in [0.5, 0.6) is 5.75 Å². The lowest BCUT2D eigenvalue weighted by Gasteiger charge is -2.40. The highest BCUT2D eigenvalue weighted by atomic mass is 16.3. The third-order valence-electron chi connectivity index (χ3n) is 11.1. The Kier molecular flexibility index (Phi) is 8.47. The molecule has 7 nitrogen and oxygen atoms in total. The van der Waals surface area contributed by atoms with Crippen molar-refractivity contribution in [3.63, 3.8) is 0 Å². The lowest BCUT2D eigenvalue weighted by molar-refractivity contribution is 0.0816. The van der Waals surface area contributed by atoms with Crippen LogP contribution in [0.15, 0.2) is 90.2 Å². The lowest BCUT2D eigenvalue weighted by Crippen LogP contribution is -2.49. The summed E-state index contributed by atoms with van der Waals surface area (Å²) in [4.78, 5) is 21.8. The smallest absolute Gasteiger partial charge is 0.254 e. The number of carbonyl (C=O) groups excluding carboxylic acids is 1. The van der Waals surface area contributed by atoms with Crippen LogP contribution in [0.3, 0.4) is 0 Å². The molecule has 48 heavy (non-hydrogen) atoms. The van der Waals surface area contributed by atoms with E-state index in [1.165, 1.54) is 64.2 Å². The molecule has 0 unspecified atom stereocenters. The number of hydrogen-bond donors (Lipinski definition) is 2. The van der Waals surface area contributed by atoms with Gasteiger partial charge in [-0.3, -0.25) is 9.69 Å². The molecule has 248 valence electrons. The van der Waals surface area contributed by atoms with Gasteiger partial charge in [0.05, 0.1) is 0 Å². The number of nitrogens with zero attached hydrogens (tertiary/aromatic N) is 4. The molecule has 3 aromatic carbocycles. The molecule has 0 saturated carbocycles. The Bertz CT molecular complexity index is 1770. The fourth-order valence-electron chi connectivity index (χ4n) is 8.47. The summed E-state index contributed by atoms with van der Waals surface area (Å²) in [6.07, 6.45) is 12.1. The predicted octanol–water partition coefficient (Wildman–Crippen LogP) is 6.20. The number of nitrogens with one attached hydrogen (secondary N) is 1. The van der Waals surface area contributed by atoms with Gasteiger partial charge in [-0.05, 0) is 119 Å². The minimum atomic E-state index is 0.142. The number of dihydropyridines is 1. The van der Waals surface area contributed by atoms with E-state index in [0.29, 0.717) is 5.75 Å². The SMILES string of the molecule is CN1Cc2cc(N3CCN(CC4CCN(c5ccc(C6=C(C7=CNCC=C7)CCCc7cc(O)ccc76)cc5)CC4)CC3)ccc2C1=O. The molecule has 2 N–H and O–H groups in total. The minimum Gasteiger partial charge on any atom is -0.508 e. The van der Waals surface area contributed by atoms with Crippen LogP contribution in [0.1, 0.15) is 58.3 Å². The maximum Gasteiger partial charge on any atom is 0.254 e. The third kappa shape index (κ3) is 6.12. The van der Waals surface area contributed by atoms with Gasteiger partial charge in [0.1, 0.15) is 5.75 Å². The largest absolute Gasteiger partial charge is 0.508 e. The van der Waals surface area contributed by atoms with Gasteiger partial charge in [-0.1, -0.05) is 30.4 Å². The van der Waals surface area contributed by atoms with Gasteiger partial charge in [0.2, 0.25) is 0 Å². The van der Waals surface area contributed by atoms with E-state index in [1.54, 1.807) is 4.90 Å². The summed E-state index contributed by atoms with van der Waals surface area (Å²) >= 11 is 0. The van der Waals surface area contributed by atoms with Gasteiger partial charge in [0, 0.05) is 89.1 Å². The molecule has 1 aliphatic carbocycles. The number of fused-ring (bicyclic) bond motifs is 2. The molecule has 7 heteroatoms. The van der Waals surface area contributed by atoms with E-state index in [4.69, 9.17) is 0 Å². The number of amides is 1. The molecule has 0 aromatic heterocycles. The number of benzene rings is 3. The molecule has 4 heterocycles. The number of carbonyl (C=O) groups is 1. The van der Waals surface area contributed by atoms with Crippen LogP contribution in [0.4, 0.5) is 11.4 Å². The van der Waals surface area contributed by atoms with Crippen LogP contribution in [-0.4, -0.2) is 80.2 Å². The second kappa shape index (κ2) is 13.2. The number of anilines is 2. The first-order chi connectivity index (χ1) is 23.5. The Balaban J connectivity index is 0.894. The van der Waals surface area contributed by atoms with Crippen LogP contribution in [0.2, 0.25) is 0 Å². The average molecular weight is 642 g/mol. The second-order valence-electron chi connectivity index (χ2n) is 14.2. The van der Waals surface area contributed by atoms with Gasteiger partial charge in [-0.15, -0.1) is 0 Å². The summed E-state index contributed by atoms with van der Waals surface area (Å²) < 4.78 is 0. The zero-order valence-electron chi connectivity index (χ0n) is 28.1. The maximum atomic E-state index is 12.3. The van der Waals surface area contributed by atoms with Gasteiger partial charge in [-0.25, -0.2) is 0 Å². The van der Waals surface area contributed by atoms with Gasteiger partial charge in [-0.2, -0.15) is 0 Å². The fraction of sp³-hybridized carbons (Fsp3) is 0.390. The molecule has 0 bridgehead atoms. The number of allylic oxidation sites excluding steroid dienone is 3. The fourth-order valence-corrected chi connectivity index (χ4v) is 8.47. The Morgan fingerprint density at radius 3 is 2.33 bits per heavy atom. The van der Waals surface area contributed by atoms with Gasteiger partial charge in [0.25, 0.3) is 5.91 Å². The Hall–Kier alpha value is -4.49. The van der Waals surface area contributed by atoms with Crippen LogP contribution in [0.25, 0.3) is 5.57 Å². The van der Waals surface area contributed by atoms with Crippen LogP contribution >= 0.6 is 0 Å². The first-order valence-corrected chi connectivity index (χ1v) is 17.9. The van der Waals surface area contributed by atoms with Crippen molar-refractivity contribution in [3.8, 4) is 5.75 Å². The number of phenolic OH excluding ortho intramolecular Hbond substituents is 1. The van der Waals surface area contributed by atoms with Crippen molar-refractivity contribution in [2.24, 2.45) is 5.92 Å². The van der Waals surface area contributed by atoms with Gasteiger partial charge >= 0.3 is 0 Å². The summed E-state index contributed by atoms with van der Waals surface area (Å²) in [6.45, 7) is 9.27. The summed E-state index contributed by atoms with van der Waals surface area (Å²) in [5.41, 5.74) is 12.3. The highest BCUT2D eigenvalue weighted by Crippen LogP contribution is 2.40. The predicted molar refractivity (Wildman–Crippen MR) is 195 cm³/mol. The maximum absolute atomic E-state index is 12.3. The molecule has 1 amide bonds. The molecule has 0 spiro atoms. The summed E-state index contributed by atoms with van der Waals surface area (Å²) in [6, 6.07) is 21.6. The number of piperidine rings is 1. The zero-order chi connectivity index (χ0) is 32.6. The van der Waals surface area contributed by atoms with E-state index in [9.17, 15) is 9.90 Å². The number of rotatable bonds is 6. The first-order valence-electron chi connectivity index (χ1n) is 17.9. The Morgan fingerprint density at radius 2 is 1.56 bits per heavy atom. The molecule has 8 rings (SSSR count). The topological polar surface area (TPSA) is 62.3 Å². The molecule has 0 radical (unpaired) electrons. The minimum absolute atomic E-state index is 0.142. The highest BCUT2D eigenvalue weighted by Gasteiger charge is 2.28. The van der Waals surface area contributed by atoms with Crippen molar-refractivity contribution in [1.29, 1.82) is 0 Å². The molecular formula is C41H47N5O2. The van der Waals surface area contributed by atoms with Gasteiger partial charge < -0.3 is 25.1 Å². The van der Waals surface area contributed by atoms with Crippen molar-refractivity contribution in [1.82, 2.24) is 15.1 Å². The monoisotopic (exact) mass is 641 g/mol. The van der Waals surface area contributed by atoms with Crippen LogP contribution < -0.4 is 15.1 Å². The lowest BCUT2D eigenvalue weighted by atomic mass is 9.87. The van der Waals surface area contributed by atoms with E-state index in [2.05, 4.69) is 80.8 Å². The van der Waals surface area contributed by atoms with E-state index in [-0.39, 0.29) is 5.91 Å². The Morgan fingerprint density at radius 1 is 0.812 bits per heavy atom. The molecule has 4 aliphatic heterocycles. The number of aromatic hydroxyl groups is 1. The van der Waals surface area contributed by atoms with Crippen LogP contribution in [-0.2, 0) is 13.0 Å². The van der Waals surface area contributed by atoms with Crippen molar-refractivity contribution >= 4 is 22.9 Å². The molecule has 0 atom stereocenters. The van der Waals surface area contributed by atoms with Crippen molar-refractivity contribution in [2.45, 2.75) is 38.6 Å². The summed E-state index contributed by atoms with van der Waals surface area (Å²) in [5.74, 6) is 1.23. The summed E-state index contributed by atoms with van der Waals surface area (Å²) in [5, 5.41) is 13.7. The molecular weight excluding hydrogens is 594 g/mol. The standard InChI is InChI=1S/C41H47N5O2/c1-43-28-33-24-35(11-13-39(33)41(43)48)46-22-20-44(21-23-46)27-29-15-18-45(19-16-29)34-9-7-30(8-10-34)40-37(32-5-3-17-42-26-32)6-2-4-31-25-36(47)12-14-38(31)40/h3,5,7-14,24-26,29,42,47H,2,4,6,15-23,27-28H2,1H3. The van der Waals surface area contributed by atoms with E-state index >= 15 is 0 Å². The number of piperazine rings is 1. The van der Waals surface area contributed by atoms with Crippen molar-refractivity contribution < 1.29 is 9.90 Å². The second-order valence-corrected chi connectivity index (χ2v) is 14.2. The zero-order valence-corrected chi connectivity index (χ0v) is 28.1. The van der Waals surface area contributed by atoms with Crippen molar-refractivity contribution in [3.05, 3.63) is 118 Å². The molecule has 3 aromatic rings. The Labute approximate surface area is 284 Å². The average Bonchev–Trinajstić information content (AvgIpc) is 3.28. The van der Waals surface area contributed by atoms with Crippen molar-refractivity contribution in [2.75, 3.05) is 69.2 Å². The van der Waals surface area contributed by atoms with Crippen LogP contribution in [0, 0.1) is 5.92 Å². The normalized spacial score (nSPS) is 20.4. The van der Waals surface area contributed by atoms with Gasteiger partial charge in [0.15, 0.2) is 0 Å². The van der Waals surface area contributed by atoms with E-state index < -0.39 is 0 Å². The molecule has 2 fully saturated rings. The first kappa shape index (κ1) is 30.8. The molecule has 5 aliphatic rings. The third-order valence-corrected chi connectivity index (χ3v) is 11.1. The van der Waals surface area contributed by atoms with E-state index in [1.807, 2.05) is 25.2 Å². The van der Waals surface area contributed by atoms with E-state index in [0.717, 1.165) is 88.7 Å². The highest BCUT2D eigenvalue weighted by molar-refractivity contribution is 5.98. The quantitative estimate of drug-likeness (QED) is 0.335. The number of aryl methyl sites for hydroxylation is 1.